The lowest BCUT2D eigenvalue weighted by Gasteiger charge is -2.55. The van der Waals surface area contributed by atoms with E-state index in [-0.39, 0.29) is 27.9 Å². The monoisotopic (exact) mass is 418 g/mol. The molecule has 5 aliphatic rings. The fraction of sp³-hybridized carbons (Fsp3) is 0.682. The lowest BCUT2D eigenvalue weighted by Crippen LogP contribution is -2.54. The summed E-state index contributed by atoms with van der Waals surface area (Å²) in [5, 5.41) is 12.6. The van der Waals surface area contributed by atoms with Crippen molar-refractivity contribution in [1.29, 1.82) is 0 Å². The predicted octanol–water partition coefficient (Wildman–Crippen LogP) is 2.74. The van der Waals surface area contributed by atoms with Crippen LogP contribution in [0.1, 0.15) is 44.9 Å². The summed E-state index contributed by atoms with van der Waals surface area (Å²) in [6, 6.07) is 5.66. The molecule has 158 valence electrons. The van der Waals surface area contributed by atoms with E-state index in [2.05, 4.69) is 5.32 Å². The molecule has 1 aromatic carbocycles. The highest BCUT2D eigenvalue weighted by molar-refractivity contribution is 7.89. The molecule has 5 fully saturated rings. The van der Waals surface area contributed by atoms with E-state index in [9.17, 15) is 18.3 Å². The molecule has 1 atom stereocenters. The Bertz CT molecular complexity index is 861. The molecule has 6 nitrogen and oxygen atoms in total. The maximum absolute atomic E-state index is 13.1. The minimum atomic E-state index is -3.55. The van der Waals surface area contributed by atoms with Gasteiger partial charge in [0.15, 0.2) is 0 Å². The van der Waals surface area contributed by atoms with E-state index in [0.717, 1.165) is 43.4 Å². The number of sulfonamides is 1. The Morgan fingerprint density at radius 2 is 1.66 bits per heavy atom. The van der Waals surface area contributed by atoms with Crippen molar-refractivity contribution in [2.24, 2.45) is 29.1 Å². The van der Waals surface area contributed by atoms with Gasteiger partial charge in [0.1, 0.15) is 5.75 Å². The first-order valence-electron chi connectivity index (χ1n) is 10.9. The second-order valence-electron chi connectivity index (χ2n) is 9.92. The molecular weight excluding hydrogens is 388 g/mol. The summed E-state index contributed by atoms with van der Waals surface area (Å²) in [5.41, 5.74) is -0.148. The molecule has 1 saturated heterocycles. The molecule has 4 bridgehead atoms. The van der Waals surface area contributed by atoms with Crippen LogP contribution in [0.25, 0.3) is 0 Å². The largest absolute Gasteiger partial charge is 0.508 e. The summed E-state index contributed by atoms with van der Waals surface area (Å²) in [7, 11) is -3.55. The fourth-order valence-electron chi connectivity index (χ4n) is 6.76. The number of aromatic hydroxyl groups is 1. The van der Waals surface area contributed by atoms with Crippen LogP contribution in [0.15, 0.2) is 29.2 Å². The standard InChI is InChI=1S/C22H30N2O4S/c25-19-1-3-20(4-2-19)29(27,28)24-6-5-15(14-24)13-23-21(26)22-10-16-7-17(11-22)9-18(8-16)12-22/h1-4,15-18,25H,5-14H2,(H,23,26). The normalized spacial score (nSPS) is 36.4. The maximum Gasteiger partial charge on any atom is 0.243 e. The fourth-order valence-corrected chi connectivity index (χ4v) is 8.29. The first kappa shape index (κ1) is 19.4. The van der Waals surface area contributed by atoms with Crippen molar-refractivity contribution in [2.75, 3.05) is 19.6 Å². The Labute approximate surface area is 172 Å². The highest BCUT2D eigenvalue weighted by Crippen LogP contribution is 2.60. The molecule has 0 spiro atoms. The van der Waals surface area contributed by atoms with Gasteiger partial charge in [-0.2, -0.15) is 4.31 Å². The summed E-state index contributed by atoms with van der Waals surface area (Å²) in [6.45, 7) is 1.47. The van der Waals surface area contributed by atoms with Crippen molar-refractivity contribution in [3.05, 3.63) is 24.3 Å². The first-order chi connectivity index (χ1) is 13.8. The third kappa shape index (κ3) is 3.46. The average molecular weight is 419 g/mol. The molecule has 1 amide bonds. The number of hydrogen-bond acceptors (Lipinski definition) is 4. The van der Waals surface area contributed by atoms with Crippen LogP contribution in [-0.2, 0) is 14.8 Å². The summed E-state index contributed by atoms with van der Waals surface area (Å²) in [5.74, 6) is 2.64. The van der Waals surface area contributed by atoms with E-state index < -0.39 is 10.0 Å². The van der Waals surface area contributed by atoms with Crippen molar-refractivity contribution in [3.63, 3.8) is 0 Å². The van der Waals surface area contributed by atoms with E-state index in [1.807, 2.05) is 0 Å². The quantitative estimate of drug-likeness (QED) is 0.770. The van der Waals surface area contributed by atoms with Gasteiger partial charge in [-0.15, -0.1) is 0 Å². The molecule has 0 radical (unpaired) electrons. The SMILES string of the molecule is O=C(NCC1CCN(S(=O)(=O)c2ccc(O)cc2)C1)C12CC3CC(CC(C3)C1)C2. The van der Waals surface area contributed by atoms with Crippen molar-refractivity contribution in [3.8, 4) is 5.75 Å². The summed E-state index contributed by atoms with van der Waals surface area (Å²) < 4.78 is 27.1. The van der Waals surface area contributed by atoms with Crippen molar-refractivity contribution < 1.29 is 18.3 Å². The van der Waals surface area contributed by atoms with Gasteiger partial charge in [0.25, 0.3) is 0 Å². The minimum Gasteiger partial charge on any atom is -0.508 e. The Morgan fingerprint density at radius 1 is 1.07 bits per heavy atom. The van der Waals surface area contributed by atoms with Gasteiger partial charge in [-0.1, -0.05) is 0 Å². The number of carbonyl (C=O) groups is 1. The number of nitrogens with zero attached hydrogens (tertiary/aromatic N) is 1. The number of amides is 1. The van der Waals surface area contributed by atoms with Crippen LogP contribution in [0.2, 0.25) is 0 Å². The Kier molecular flexibility index (Phi) is 4.66. The highest BCUT2D eigenvalue weighted by Gasteiger charge is 2.54. The lowest BCUT2D eigenvalue weighted by atomic mass is 9.49. The maximum atomic E-state index is 13.1. The topological polar surface area (TPSA) is 86.7 Å². The summed E-state index contributed by atoms with van der Waals surface area (Å²) in [4.78, 5) is 13.3. The number of rotatable bonds is 5. The molecule has 1 heterocycles. The van der Waals surface area contributed by atoms with Crippen molar-refractivity contribution in [2.45, 2.75) is 49.8 Å². The smallest absolute Gasteiger partial charge is 0.243 e. The molecule has 1 unspecified atom stereocenters. The molecule has 1 aromatic rings. The van der Waals surface area contributed by atoms with Gasteiger partial charge < -0.3 is 10.4 Å². The molecule has 6 rings (SSSR count). The molecular formula is C22H30N2O4S. The van der Waals surface area contributed by atoms with Crippen LogP contribution >= 0.6 is 0 Å². The highest BCUT2D eigenvalue weighted by atomic mass is 32.2. The molecule has 29 heavy (non-hydrogen) atoms. The molecule has 4 saturated carbocycles. The zero-order valence-corrected chi connectivity index (χ0v) is 17.5. The lowest BCUT2D eigenvalue weighted by molar-refractivity contribution is -0.146. The zero-order chi connectivity index (χ0) is 20.2. The van der Waals surface area contributed by atoms with Gasteiger partial charge in [0, 0.05) is 25.0 Å². The number of phenols is 1. The number of benzene rings is 1. The van der Waals surface area contributed by atoms with Crippen LogP contribution in [-0.4, -0.2) is 43.4 Å². The summed E-state index contributed by atoms with van der Waals surface area (Å²) >= 11 is 0. The van der Waals surface area contributed by atoms with E-state index in [0.29, 0.717) is 19.6 Å². The van der Waals surface area contributed by atoms with Crippen LogP contribution in [0.4, 0.5) is 0 Å². The Balaban J connectivity index is 1.19. The molecule has 1 aliphatic heterocycles. The van der Waals surface area contributed by atoms with E-state index in [1.165, 1.54) is 47.8 Å². The second-order valence-corrected chi connectivity index (χ2v) is 11.9. The van der Waals surface area contributed by atoms with E-state index in [1.54, 1.807) is 0 Å². The number of carbonyl (C=O) groups excluding carboxylic acids is 1. The number of phenolic OH excluding ortho intramolecular Hbond substituents is 1. The van der Waals surface area contributed by atoms with Gasteiger partial charge in [0.05, 0.1) is 4.90 Å². The predicted molar refractivity (Wildman–Crippen MR) is 109 cm³/mol. The van der Waals surface area contributed by atoms with E-state index in [4.69, 9.17) is 0 Å². The van der Waals surface area contributed by atoms with Crippen molar-refractivity contribution in [1.82, 2.24) is 9.62 Å². The second kappa shape index (κ2) is 6.98. The van der Waals surface area contributed by atoms with Gasteiger partial charge in [0.2, 0.25) is 15.9 Å². The summed E-state index contributed by atoms with van der Waals surface area (Å²) in [6.07, 6.45) is 7.88. The van der Waals surface area contributed by atoms with Crippen LogP contribution in [0.5, 0.6) is 5.75 Å². The van der Waals surface area contributed by atoms with Crippen LogP contribution in [0.3, 0.4) is 0 Å². The minimum absolute atomic E-state index is 0.0515. The number of nitrogens with one attached hydrogen (secondary N) is 1. The Hall–Kier alpha value is -1.60. The van der Waals surface area contributed by atoms with E-state index >= 15 is 0 Å². The van der Waals surface area contributed by atoms with Gasteiger partial charge >= 0.3 is 0 Å². The molecule has 2 N–H and O–H groups in total. The van der Waals surface area contributed by atoms with Gasteiger partial charge in [-0.3, -0.25) is 4.79 Å². The third-order valence-electron chi connectivity index (χ3n) is 7.79. The van der Waals surface area contributed by atoms with Crippen LogP contribution in [0, 0.1) is 29.1 Å². The zero-order valence-electron chi connectivity index (χ0n) is 16.7. The van der Waals surface area contributed by atoms with Gasteiger partial charge in [-0.05, 0) is 92.9 Å². The average Bonchev–Trinajstić information content (AvgIpc) is 3.15. The molecule has 4 aliphatic carbocycles. The van der Waals surface area contributed by atoms with Gasteiger partial charge in [-0.25, -0.2) is 8.42 Å². The Morgan fingerprint density at radius 3 is 2.24 bits per heavy atom. The molecule has 0 aromatic heterocycles. The number of hydrogen-bond donors (Lipinski definition) is 2. The molecule has 7 heteroatoms. The first-order valence-corrected chi connectivity index (χ1v) is 12.4. The third-order valence-corrected chi connectivity index (χ3v) is 9.67. The van der Waals surface area contributed by atoms with Crippen LogP contribution < -0.4 is 5.32 Å². The van der Waals surface area contributed by atoms with Crippen molar-refractivity contribution >= 4 is 15.9 Å².